The minimum Gasteiger partial charge on any atom is -0.376 e. The lowest BCUT2D eigenvalue weighted by atomic mass is 9.96. The number of nitrogens with one attached hydrogen (secondary N) is 1. The van der Waals surface area contributed by atoms with Crippen LogP contribution in [0.3, 0.4) is 0 Å². The quantitative estimate of drug-likeness (QED) is 0.758. The molecule has 1 N–H and O–H groups in total. The van der Waals surface area contributed by atoms with Crippen LogP contribution in [-0.2, 0) is 4.74 Å². The molecule has 2 atom stereocenters. The van der Waals surface area contributed by atoms with Gasteiger partial charge in [0.15, 0.2) is 0 Å². The van der Waals surface area contributed by atoms with E-state index >= 15 is 0 Å². The Morgan fingerprint density at radius 2 is 2.40 bits per heavy atom. The normalized spacial score (nSPS) is 34.2. The van der Waals surface area contributed by atoms with E-state index in [1.54, 1.807) is 0 Å². The molecule has 0 aromatic rings. The highest BCUT2D eigenvalue weighted by atomic mass is 16.5. The average molecular weight is 212 g/mol. The van der Waals surface area contributed by atoms with Crippen molar-refractivity contribution in [3.05, 3.63) is 0 Å². The van der Waals surface area contributed by atoms with Crippen LogP contribution in [0.15, 0.2) is 0 Å². The number of piperidine rings is 1. The van der Waals surface area contributed by atoms with E-state index in [2.05, 4.69) is 17.1 Å². The van der Waals surface area contributed by atoms with Crippen LogP contribution >= 0.6 is 0 Å². The van der Waals surface area contributed by atoms with Gasteiger partial charge in [-0.05, 0) is 51.7 Å². The molecule has 0 radical (unpaired) electrons. The standard InChI is InChI=1S/C12H24N2O/c1-11-10-14(7-8-15-11)6-4-12-3-2-5-13-9-12/h11-13H,2-10H2,1H3. The number of hydrogen-bond donors (Lipinski definition) is 1. The minimum atomic E-state index is 0.434. The first kappa shape index (κ1) is 11.4. The molecule has 2 aliphatic rings. The molecule has 3 nitrogen and oxygen atoms in total. The maximum Gasteiger partial charge on any atom is 0.0674 e. The highest BCUT2D eigenvalue weighted by molar-refractivity contribution is 4.73. The molecule has 3 heteroatoms. The van der Waals surface area contributed by atoms with Gasteiger partial charge in [0.25, 0.3) is 0 Å². The van der Waals surface area contributed by atoms with Gasteiger partial charge in [0, 0.05) is 13.1 Å². The molecule has 0 saturated carbocycles. The largest absolute Gasteiger partial charge is 0.376 e. The number of hydrogen-bond acceptors (Lipinski definition) is 3. The van der Waals surface area contributed by atoms with Crippen LogP contribution in [0.4, 0.5) is 0 Å². The Morgan fingerprint density at radius 1 is 1.47 bits per heavy atom. The van der Waals surface area contributed by atoms with Gasteiger partial charge in [0.2, 0.25) is 0 Å². The second-order valence-electron chi connectivity index (χ2n) is 4.98. The first-order valence-corrected chi connectivity index (χ1v) is 6.39. The van der Waals surface area contributed by atoms with Crippen molar-refractivity contribution in [1.82, 2.24) is 10.2 Å². The Morgan fingerprint density at radius 3 is 3.13 bits per heavy atom. The summed E-state index contributed by atoms with van der Waals surface area (Å²) in [5, 5.41) is 3.49. The maximum absolute atomic E-state index is 5.55. The Bertz CT molecular complexity index is 180. The van der Waals surface area contributed by atoms with Gasteiger partial charge < -0.3 is 10.1 Å². The van der Waals surface area contributed by atoms with Crippen molar-refractivity contribution in [2.24, 2.45) is 5.92 Å². The molecule has 0 aliphatic carbocycles. The van der Waals surface area contributed by atoms with Crippen molar-refractivity contribution < 1.29 is 4.74 Å². The van der Waals surface area contributed by atoms with Crippen LogP contribution < -0.4 is 5.32 Å². The van der Waals surface area contributed by atoms with Crippen molar-refractivity contribution in [3.8, 4) is 0 Å². The number of rotatable bonds is 3. The molecule has 2 saturated heterocycles. The molecule has 2 unspecified atom stereocenters. The molecule has 15 heavy (non-hydrogen) atoms. The summed E-state index contributed by atoms with van der Waals surface area (Å²) in [6, 6.07) is 0. The number of nitrogens with zero attached hydrogens (tertiary/aromatic N) is 1. The first-order valence-electron chi connectivity index (χ1n) is 6.39. The molecule has 0 spiro atoms. The van der Waals surface area contributed by atoms with E-state index in [9.17, 15) is 0 Å². The zero-order chi connectivity index (χ0) is 10.5. The predicted molar refractivity (Wildman–Crippen MR) is 62.1 cm³/mol. The zero-order valence-electron chi connectivity index (χ0n) is 9.87. The Labute approximate surface area is 93.2 Å². The fourth-order valence-corrected chi connectivity index (χ4v) is 2.63. The summed E-state index contributed by atoms with van der Waals surface area (Å²) in [4.78, 5) is 2.56. The van der Waals surface area contributed by atoms with E-state index in [0.717, 1.165) is 25.6 Å². The van der Waals surface area contributed by atoms with Gasteiger partial charge >= 0.3 is 0 Å². The molecule has 0 amide bonds. The summed E-state index contributed by atoms with van der Waals surface area (Å²) in [7, 11) is 0. The van der Waals surface area contributed by atoms with Crippen LogP contribution in [0, 0.1) is 5.92 Å². The van der Waals surface area contributed by atoms with E-state index in [-0.39, 0.29) is 0 Å². The van der Waals surface area contributed by atoms with Gasteiger partial charge in [-0.15, -0.1) is 0 Å². The fraction of sp³-hybridized carbons (Fsp3) is 1.00. The summed E-state index contributed by atoms with van der Waals surface area (Å²) in [6.45, 7) is 9.08. The van der Waals surface area contributed by atoms with Crippen LogP contribution in [0.2, 0.25) is 0 Å². The highest BCUT2D eigenvalue weighted by Gasteiger charge is 2.18. The average Bonchev–Trinajstić information content (AvgIpc) is 2.28. The van der Waals surface area contributed by atoms with Gasteiger partial charge in [0.05, 0.1) is 12.7 Å². The Kier molecular flexibility index (Phi) is 4.42. The molecule has 2 aliphatic heterocycles. The monoisotopic (exact) mass is 212 g/mol. The van der Waals surface area contributed by atoms with Gasteiger partial charge in [-0.2, -0.15) is 0 Å². The van der Waals surface area contributed by atoms with Crippen LogP contribution in [0.25, 0.3) is 0 Å². The summed E-state index contributed by atoms with van der Waals surface area (Å²) in [5.41, 5.74) is 0. The van der Waals surface area contributed by atoms with Crippen molar-refractivity contribution >= 4 is 0 Å². The zero-order valence-corrected chi connectivity index (χ0v) is 9.87. The SMILES string of the molecule is CC1CN(CCC2CCCNC2)CCO1. The summed E-state index contributed by atoms with van der Waals surface area (Å²) < 4.78 is 5.55. The van der Waals surface area contributed by atoms with E-state index in [4.69, 9.17) is 4.74 Å². The minimum absolute atomic E-state index is 0.434. The number of morpholine rings is 1. The van der Waals surface area contributed by atoms with Gasteiger partial charge in [-0.25, -0.2) is 0 Å². The molecule has 2 fully saturated rings. The second-order valence-corrected chi connectivity index (χ2v) is 4.98. The third-order valence-electron chi connectivity index (χ3n) is 3.58. The molecule has 2 heterocycles. The smallest absolute Gasteiger partial charge is 0.0674 e. The first-order chi connectivity index (χ1) is 7.34. The second kappa shape index (κ2) is 5.83. The van der Waals surface area contributed by atoms with Crippen molar-refractivity contribution in [1.29, 1.82) is 0 Å². The van der Waals surface area contributed by atoms with Crippen molar-refractivity contribution in [2.45, 2.75) is 32.3 Å². The van der Waals surface area contributed by atoms with Crippen LogP contribution in [0.1, 0.15) is 26.2 Å². The molecule has 2 rings (SSSR count). The lowest BCUT2D eigenvalue weighted by Crippen LogP contribution is -2.42. The highest BCUT2D eigenvalue weighted by Crippen LogP contribution is 2.15. The van der Waals surface area contributed by atoms with Gasteiger partial charge in [0.1, 0.15) is 0 Å². The molecular formula is C12H24N2O. The summed E-state index contributed by atoms with van der Waals surface area (Å²) in [5.74, 6) is 0.914. The van der Waals surface area contributed by atoms with E-state index in [0.29, 0.717) is 6.10 Å². The third-order valence-corrected chi connectivity index (χ3v) is 3.58. The maximum atomic E-state index is 5.55. The molecular weight excluding hydrogens is 188 g/mol. The fourth-order valence-electron chi connectivity index (χ4n) is 2.63. The van der Waals surface area contributed by atoms with Crippen LogP contribution in [0.5, 0.6) is 0 Å². The molecule has 0 aromatic carbocycles. The van der Waals surface area contributed by atoms with E-state index < -0.39 is 0 Å². The van der Waals surface area contributed by atoms with Gasteiger partial charge in [-0.1, -0.05) is 0 Å². The van der Waals surface area contributed by atoms with E-state index in [1.807, 2.05) is 0 Å². The lowest BCUT2D eigenvalue weighted by molar-refractivity contribution is -0.0199. The van der Waals surface area contributed by atoms with Crippen LogP contribution in [-0.4, -0.2) is 50.3 Å². The number of ether oxygens (including phenoxy) is 1. The van der Waals surface area contributed by atoms with Crippen molar-refractivity contribution in [3.63, 3.8) is 0 Å². The topological polar surface area (TPSA) is 24.5 Å². The Hall–Kier alpha value is -0.120. The predicted octanol–water partition coefficient (Wildman–Crippen LogP) is 1.10. The summed E-state index contributed by atoms with van der Waals surface area (Å²) in [6.07, 6.45) is 4.58. The van der Waals surface area contributed by atoms with E-state index in [1.165, 1.54) is 38.9 Å². The molecule has 88 valence electrons. The lowest BCUT2D eigenvalue weighted by Gasteiger charge is -2.32. The Balaban J connectivity index is 1.63. The molecule has 0 bridgehead atoms. The third kappa shape index (κ3) is 3.74. The van der Waals surface area contributed by atoms with Crippen molar-refractivity contribution in [2.75, 3.05) is 39.3 Å². The molecule has 0 aromatic heterocycles. The van der Waals surface area contributed by atoms with Gasteiger partial charge in [-0.3, -0.25) is 4.90 Å². The summed E-state index contributed by atoms with van der Waals surface area (Å²) >= 11 is 0.